The van der Waals surface area contributed by atoms with Gasteiger partial charge in [-0.2, -0.15) is 10.1 Å². The van der Waals surface area contributed by atoms with Crippen LogP contribution in [0.4, 0.5) is 16.4 Å². The van der Waals surface area contributed by atoms with Gasteiger partial charge in [-0.1, -0.05) is 36.4 Å². The minimum Gasteiger partial charge on any atom is -0.368 e. The molecule has 0 aliphatic carbocycles. The van der Waals surface area contributed by atoms with Gasteiger partial charge in [-0.3, -0.25) is 4.68 Å². The standard InChI is InChI=1S/C31H33N9O/c1-19-24(10-5-11-26(19)35-31(41)39-15-20-7-3-4-8-21(20)16-39)28-25-13-27(34-29(25)37-30(32)36-28)22-14-33-40(17-22)23-9-6-12-38(2)18-23/h3-5,7-8,10-11,13-14,17,23H,6,9,12,15-16,18H2,1-2H3,(H,35,41)(H3,32,34,36,37). The number of hydrogen-bond acceptors (Lipinski definition) is 6. The summed E-state index contributed by atoms with van der Waals surface area (Å²) in [6.07, 6.45) is 6.30. The van der Waals surface area contributed by atoms with Gasteiger partial charge in [-0.15, -0.1) is 0 Å². The number of hydrogen-bond donors (Lipinski definition) is 3. The van der Waals surface area contributed by atoms with Crippen LogP contribution in [0.2, 0.25) is 0 Å². The molecule has 5 aromatic rings. The van der Waals surface area contributed by atoms with Crippen molar-refractivity contribution in [3.8, 4) is 22.5 Å². The van der Waals surface area contributed by atoms with E-state index < -0.39 is 0 Å². The maximum Gasteiger partial charge on any atom is 0.322 e. The number of piperidine rings is 1. The summed E-state index contributed by atoms with van der Waals surface area (Å²) < 4.78 is 2.08. The van der Waals surface area contributed by atoms with E-state index in [1.165, 1.54) is 17.5 Å². The lowest BCUT2D eigenvalue weighted by Crippen LogP contribution is -2.33. The second kappa shape index (κ2) is 10.0. The van der Waals surface area contributed by atoms with Gasteiger partial charge in [0.1, 0.15) is 5.65 Å². The quantitative estimate of drug-likeness (QED) is 0.285. The first kappa shape index (κ1) is 25.3. The Balaban J connectivity index is 1.18. The molecule has 2 aromatic carbocycles. The van der Waals surface area contributed by atoms with E-state index >= 15 is 0 Å². The Morgan fingerprint density at radius 2 is 1.90 bits per heavy atom. The molecule has 2 aliphatic rings. The lowest BCUT2D eigenvalue weighted by Gasteiger charge is -2.29. The number of carbonyl (C=O) groups is 1. The van der Waals surface area contributed by atoms with E-state index in [2.05, 4.69) is 66.4 Å². The third-order valence-electron chi connectivity index (χ3n) is 8.35. The van der Waals surface area contributed by atoms with Crippen LogP contribution >= 0.6 is 0 Å². The maximum absolute atomic E-state index is 13.2. The molecule has 0 radical (unpaired) electrons. The SMILES string of the molecule is Cc1c(NC(=O)N2Cc3ccccc3C2)cccc1-c1nc(N)nc2[nH]c(-c3cnn(C4CCCN(C)C4)c3)cc12. The normalized spacial score (nSPS) is 17.2. The van der Waals surface area contributed by atoms with Gasteiger partial charge >= 0.3 is 6.03 Å². The zero-order valence-electron chi connectivity index (χ0n) is 23.3. The molecule has 208 valence electrons. The molecular weight excluding hydrogens is 514 g/mol. The predicted octanol–water partition coefficient (Wildman–Crippen LogP) is 5.19. The zero-order chi connectivity index (χ0) is 28.1. The van der Waals surface area contributed by atoms with Gasteiger partial charge in [0.2, 0.25) is 5.95 Å². The van der Waals surface area contributed by atoms with Crippen molar-refractivity contribution in [2.45, 2.75) is 38.9 Å². The zero-order valence-corrected chi connectivity index (χ0v) is 23.3. The Bertz CT molecular complexity index is 1750. The fourth-order valence-electron chi connectivity index (χ4n) is 6.12. The minimum absolute atomic E-state index is 0.126. The number of H-pyrrole nitrogens is 1. The molecule has 2 aliphatic heterocycles. The average molecular weight is 548 g/mol. The lowest BCUT2D eigenvalue weighted by atomic mass is 10.0. The number of amides is 2. The topological polar surface area (TPSA) is 121 Å². The largest absolute Gasteiger partial charge is 0.368 e. The highest BCUT2D eigenvalue weighted by Gasteiger charge is 2.24. The van der Waals surface area contributed by atoms with Gasteiger partial charge in [0.25, 0.3) is 0 Å². The molecule has 10 nitrogen and oxygen atoms in total. The van der Waals surface area contributed by atoms with Gasteiger partial charge in [0.05, 0.1) is 23.6 Å². The number of nitrogen functional groups attached to an aromatic ring is 1. The highest BCUT2D eigenvalue weighted by Crippen LogP contribution is 2.35. The van der Waals surface area contributed by atoms with E-state index in [9.17, 15) is 4.79 Å². The number of likely N-dealkylation sites (N-methyl/N-ethyl adjacent to an activating group) is 1. The van der Waals surface area contributed by atoms with Crippen molar-refractivity contribution in [1.82, 2.24) is 34.5 Å². The second-order valence-electron chi connectivity index (χ2n) is 11.2. The summed E-state index contributed by atoms with van der Waals surface area (Å²) in [6.45, 7) is 5.32. The van der Waals surface area contributed by atoms with E-state index in [0.29, 0.717) is 24.8 Å². The summed E-state index contributed by atoms with van der Waals surface area (Å²) in [4.78, 5) is 29.9. The van der Waals surface area contributed by atoms with E-state index in [1.54, 1.807) is 0 Å². The number of fused-ring (bicyclic) bond motifs is 2. The highest BCUT2D eigenvalue weighted by atomic mass is 16.2. The van der Waals surface area contributed by atoms with Crippen LogP contribution in [0, 0.1) is 6.92 Å². The average Bonchev–Trinajstić information content (AvgIpc) is 3.72. The number of aromatic nitrogens is 5. The predicted molar refractivity (Wildman–Crippen MR) is 160 cm³/mol. The number of nitrogens with zero attached hydrogens (tertiary/aromatic N) is 6. The van der Waals surface area contributed by atoms with Crippen molar-refractivity contribution in [2.24, 2.45) is 0 Å². The van der Waals surface area contributed by atoms with Crippen molar-refractivity contribution in [1.29, 1.82) is 0 Å². The number of aromatic amines is 1. The summed E-state index contributed by atoms with van der Waals surface area (Å²) in [7, 11) is 2.16. The van der Waals surface area contributed by atoms with Gasteiger partial charge in [0, 0.05) is 48.0 Å². The minimum atomic E-state index is -0.126. The molecule has 1 unspecified atom stereocenters. The first-order valence-corrected chi connectivity index (χ1v) is 14.0. The van der Waals surface area contributed by atoms with Gasteiger partial charge in [0.15, 0.2) is 0 Å². The van der Waals surface area contributed by atoms with Crippen LogP contribution in [-0.2, 0) is 13.1 Å². The van der Waals surface area contributed by atoms with E-state index in [0.717, 1.165) is 58.7 Å². The highest BCUT2D eigenvalue weighted by molar-refractivity contribution is 5.98. The van der Waals surface area contributed by atoms with E-state index in [1.807, 2.05) is 48.4 Å². The molecule has 2 amide bonds. The van der Waals surface area contributed by atoms with Crippen molar-refractivity contribution in [2.75, 3.05) is 31.2 Å². The molecule has 5 heterocycles. The number of carbonyl (C=O) groups excluding carboxylic acids is 1. The molecule has 1 atom stereocenters. The van der Waals surface area contributed by atoms with Crippen LogP contribution in [0.1, 0.15) is 35.6 Å². The Morgan fingerprint density at radius 1 is 1.10 bits per heavy atom. The fourth-order valence-corrected chi connectivity index (χ4v) is 6.12. The molecule has 4 N–H and O–H groups in total. The number of likely N-dealkylation sites (tertiary alicyclic amines) is 1. The van der Waals surface area contributed by atoms with Crippen molar-refractivity contribution in [3.05, 3.63) is 77.6 Å². The van der Waals surface area contributed by atoms with Crippen LogP contribution in [-0.4, -0.2) is 60.7 Å². The molecular formula is C31H33N9O. The van der Waals surface area contributed by atoms with Crippen LogP contribution in [0.15, 0.2) is 60.9 Å². The first-order chi connectivity index (χ1) is 19.9. The number of nitrogens with two attached hydrogens (primary N) is 1. The molecule has 3 aromatic heterocycles. The van der Waals surface area contributed by atoms with Crippen LogP contribution in [0.25, 0.3) is 33.5 Å². The fraction of sp³-hybridized carbons (Fsp3) is 0.290. The smallest absolute Gasteiger partial charge is 0.322 e. The number of rotatable bonds is 4. The Hall–Kier alpha value is -4.70. The van der Waals surface area contributed by atoms with Crippen LogP contribution in [0.3, 0.4) is 0 Å². The summed E-state index contributed by atoms with van der Waals surface area (Å²) in [5.41, 5.74) is 14.4. The number of urea groups is 1. The monoisotopic (exact) mass is 547 g/mol. The summed E-state index contributed by atoms with van der Waals surface area (Å²) in [5, 5.41) is 8.66. The van der Waals surface area contributed by atoms with Gasteiger partial charge in [-0.25, -0.2) is 9.78 Å². The Morgan fingerprint density at radius 3 is 2.68 bits per heavy atom. The number of nitrogens with one attached hydrogen (secondary N) is 2. The molecule has 10 heteroatoms. The Kier molecular flexibility index (Phi) is 6.19. The van der Waals surface area contributed by atoms with E-state index in [-0.39, 0.29) is 12.0 Å². The number of benzene rings is 2. The molecule has 7 rings (SSSR count). The summed E-state index contributed by atoms with van der Waals surface area (Å²) >= 11 is 0. The molecule has 0 bridgehead atoms. The van der Waals surface area contributed by atoms with Crippen LogP contribution in [0.5, 0.6) is 0 Å². The first-order valence-electron chi connectivity index (χ1n) is 14.0. The van der Waals surface area contributed by atoms with Crippen LogP contribution < -0.4 is 11.1 Å². The third-order valence-corrected chi connectivity index (χ3v) is 8.35. The van der Waals surface area contributed by atoms with E-state index in [4.69, 9.17) is 5.73 Å². The summed E-state index contributed by atoms with van der Waals surface area (Å²) in [6, 6.07) is 16.3. The lowest BCUT2D eigenvalue weighted by molar-refractivity contribution is 0.202. The van der Waals surface area contributed by atoms with Gasteiger partial charge in [-0.05, 0) is 62.2 Å². The molecule has 1 saturated heterocycles. The van der Waals surface area contributed by atoms with Crippen molar-refractivity contribution in [3.63, 3.8) is 0 Å². The van der Waals surface area contributed by atoms with Gasteiger partial charge < -0.3 is 25.8 Å². The summed E-state index contributed by atoms with van der Waals surface area (Å²) in [5.74, 6) is 0.186. The third kappa shape index (κ3) is 4.70. The van der Waals surface area contributed by atoms with Crippen molar-refractivity contribution < 1.29 is 4.79 Å². The molecule has 41 heavy (non-hydrogen) atoms. The second-order valence-corrected chi connectivity index (χ2v) is 11.2. The molecule has 0 spiro atoms. The maximum atomic E-state index is 13.2. The molecule has 0 saturated carbocycles. The molecule has 1 fully saturated rings. The number of anilines is 2. The van der Waals surface area contributed by atoms with Crippen molar-refractivity contribution >= 4 is 28.7 Å². The Labute approximate surface area is 238 Å².